The van der Waals surface area contributed by atoms with Crippen molar-refractivity contribution in [3.63, 3.8) is 0 Å². The Bertz CT molecular complexity index is 556. The van der Waals surface area contributed by atoms with Crippen LogP contribution in [0.25, 0.3) is 0 Å². The molecule has 6 heteroatoms. The van der Waals surface area contributed by atoms with Crippen molar-refractivity contribution < 1.29 is 9.90 Å². The Hall–Kier alpha value is -1.69. The third-order valence-corrected chi connectivity index (χ3v) is 3.96. The number of aromatic nitrogens is 2. The number of aliphatic hydroxyl groups is 1. The lowest BCUT2D eigenvalue weighted by atomic mass is 9.77. The number of aryl methyl sites for hydroxylation is 2. The number of nitrogens with zero attached hydrogens (tertiary/aromatic N) is 1. The number of carbonyl (C=O) groups is 1. The van der Waals surface area contributed by atoms with Gasteiger partial charge < -0.3 is 15.4 Å². The maximum absolute atomic E-state index is 11.9. The van der Waals surface area contributed by atoms with E-state index in [4.69, 9.17) is 0 Å². The van der Waals surface area contributed by atoms with Crippen molar-refractivity contribution in [3.8, 4) is 0 Å². The fourth-order valence-electron chi connectivity index (χ4n) is 2.57. The molecule has 1 aliphatic rings. The highest BCUT2D eigenvalue weighted by atomic mass is 16.3. The zero-order chi connectivity index (χ0) is 14.8. The molecule has 110 valence electrons. The Morgan fingerprint density at radius 1 is 1.45 bits per heavy atom. The van der Waals surface area contributed by atoms with E-state index in [1.807, 2.05) is 0 Å². The Labute approximate surface area is 117 Å². The SMILES string of the molecule is Cc1nc(C)c(CCC(=O)NC2(CO)CCC2)c(=O)[nH]1. The average Bonchev–Trinajstić information content (AvgIpc) is 2.32. The van der Waals surface area contributed by atoms with Crippen LogP contribution in [0.2, 0.25) is 0 Å². The summed E-state index contributed by atoms with van der Waals surface area (Å²) < 4.78 is 0. The van der Waals surface area contributed by atoms with E-state index in [1.165, 1.54) is 0 Å². The molecule has 1 heterocycles. The number of H-pyrrole nitrogens is 1. The van der Waals surface area contributed by atoms with Gasteiger partial charge >= 0.3 is 0 Å². The van der Waals surface area contributed by atoms with E-state index in [0.717, 1.165) is 19.3 Å². The number of rotatable bonds is 5. The number of amides is 1. The molecule has 20 heavy (non-hydrogen) atoms. The molecule has 2 rings (SSSR count). The van der Waals surface area contributed by atoms with Crippen LogP contribution in [0.5, 0.6) is 0 Å². The van der Waals surface area contributed by atoms with Crippen LogP contribution in [-0.4, -0.2) is 33.1 Å². The van der Waals surface area contributed by atoms with E-state index < -0.39 is 5.54 Å². The summed E-state index contributed by atoms with van der Waals surface area (Å²) in [5, 5.41) is 12.2. The lowest BCUT2D eigenvalue weighted by Gasteiger charge is -2.41. The van der Waals surface area contributed by atoms with Crippen molar-refractivity contribution in [2.75, 3.05) is 6.61 Å². The first-order valence-corrected chi connectivity index (χ1v) is 6.94. The molecule has 6 nitrogen and oxygen atoms in total. The zero-order valence-electron chi connectivity index (χ0n) is 12.0. The zero-order valence-corrected chi connectivity index (χ0v) is 12.0. The summed E-state index contributed by atoms with van der Waals surface area (Å²) in [4.78, 5) is 30.6. The molecule has 1 saturated carbocycles. The van der Waals surface area contributed by atoms with Gasteiger partial charge in [0, 0.05) is 17.7 Å². The van der Waals surface area contributed by atoms with Gasteiger partial charge in [-0.15, -0.1) is 0 Å². The minimum Gasteiger partial charge on any atom is -0.394 e. The smallest absolute Gasteiger partial charge is 0.254 e. The van der Waals surface area contributed by atoms with Gasteiger partial charge in [-0.1, -0.05) is 0 Å². The van der Waals surface area contributed by atoms with Gasteiger partial charge in [0.2, 0.25) is 5.91 Å². The molecule has 0 aliphatic heterocycles. The predicted octanol–water partition coefficient (Wildman–Crippen LogP) is 0.351. The topological polar surface area (TPSA) is 95.1 Å². The predicted molar refractivity (Wildman–Crippen MR) is 74.5 cm³/mol. The summed E-state index contributed by atoms with van der Waals surface area (Å²) in [6.07, 6.45) is 3.27. The van der Waals surface area contributed by atoms with Gasteiger partial charge in [-0.3, -0.25) is 9.59 Å². The highest BCUT2D eigenvalue weighted by Crippen LogP contribution is 2.31. The van der Waals surface area contributed by atoms with E-state index >= 15 is 0 Å². The highest BCUT2D eigenvalue weighted by Gasteiger charge is 2.37. The van der Waals surface area contributed by atoms with Crippen LogP contribution in [0.4, 0.5) is 0 Å². The van der Waals surface area contributed by atoms with E-state index in [-0.39, 0.29) is 24.5 Å². The molecule has 1 aromatic rings. The Balaban J connectivity index is 1.95. The standard InChI is InChI=1S/C14H21N3O3/c1-9-11(13(20)16-10(2)15-9)4-5-12(19)17-14(8-18)6-3-7-14/h18H,3-8H2,1-2H3,(H,17,19)(H,15,16,20). The van der Waals surface area contributed by atoms with Crippen LogP contribution in [0.3, 0.4) is 0 Å². The van der Waals surface area contributed by atoms with Crippen molar-refractivity contribution in [3.05, 3.63) is 27.4 Å². The summed E-state index contributed by atoms with van der Waals surface area (Å²) in [6, 6.07) is 0. The lowest BCUT2D eigenvalue weighted by molar-refractivity contribution is -0.125. The Morgan fingerprint density at radius 3 is 2.65 bits per heavy atom. The first kappa shape index (κ1) is 14.7. The summed E-state index contributed by atoms with van der Waals surface area (Å²) in [5.41, 5.74) is 0.615. The van der Waals surface area contributed by atoms with Crippen molar-refractivity contribution >= 4 is 5.91 Å². The average molecular weight is 279 g/mol. The normalized spacial score (nSPS) is 16.6. The molecule has 1 amide bonds. The van der Waals surface area contributed by atoms with Crippen LogP contribution in [-0.2, 0) is 11.2 Å². The number of carbonyl (C=O) groups excluding carboxylic acids is 1. The first-order chi connectivity index (χ1) is 9.46. The fourth-order valence-corrected chi connectivity index (χ4v) is 2.57. The molecule has 0 saturated heterocycles. The molecule has 0 bridgehead atoms. The Kier molecular flexibility index (Phi) is 4.23. The number of aliphatic hydroxyl groups excluding tert-OH is 1. The molecule has 1 fully saturated rings. The maximum Gasteiger partial charge on any atom is 0.254 e. The van der Waals surface area contributed by atoms with Crippen molar-refractivity contribution in [2.24, 2.45) is 0 Å². The molecular weight excluding hydrogens is 258 g/mol. The minimum atomic E-state index is -0.427. The molecule has 1 aliphatic carbocycles. The fraction of sp³-hybridized carbons (Fsp3) is 0.643. The molecule has 3 N–H and O–H groups in total. The van der Waals surface area contributed by atoms with E-state index in [1.54, 1.807) is 13.8 Å². The number of hydrogen-bond acceptors (Lipinski definition) is 4. The molecule has 0 spiro atoms. The summed E-state index contributed by atoms with van der Waals surface area (Å²) in [6.45, 7) is 3.48. The summed E-state index contributed by atoms with van der Waals surface area (Å²) in [7, 11) is 0. The molecule has 0 aromatic carbocycles. The van der Waals surface area contributed by atoms with Crippen molar-refractivity contribution in [1.29, 1.82) is 0 Å². The lowest BCUT2D eigenvalue weighted by Crippen LogP contribution is -2.56. The van der Waals surface area contributed by atoms with Crippen LogP contribution < -0.4 is 10.9 Å². The highest BCUT2D eigenvalue weighted by molar-refractivity contribution is 5.77. The maximum atomic E-state index is 11.9. The quantitative estimate of drug-likeness (QED) is 0.725. The van der Waals surface area contributed by atoms with Gasteiger partial charge in [-0.2, -0.15) is 0 Å². The monoisotopic (exact) mass is 279 g/mol. The third-order valence-electron chi connectivity index (χ3n) is 3.96. The second-order valence-electron chi connectivity index (χ2n) is 5.56. The second kappa shape index (κ2) is 5.75. The number of nitrogens with one attached hydrogen (secondary N) is 2. The molecular formula is C14H21N3O3. The molecule has 0 radical (unpaired) electrons. The third kappa shape index (κ3) is 3.07. The van der Waals surface area contributed by atoms with E-state index in [9.17, 15) is 14.7 Å². The largest absolute Gasteiger partial charge is 0.394 e. The van der Waals surface area contributed by atoms with E-state index in [2.05, 4.69) is 15.3 Å². The van der Waals surface area contributed by atoms with Gasteiger partial charge in [0.1, 0.15) is 5.82 Å². The van der Waals surface area contributed by atoms with Crippen LogP contribution in [0, 0.1) is 13.8 Å². The van der Waals surface area contributed by atoms with Gasteiger partial charge in [0.15, 0.2) is 0 Å². The molecule has 0 unspecified atom stereocenters. The van der Waals surface area contributed by atoms with Gasteiger partial charge in [0.25, 0.3) is 5.56 Å². The van der Waals surface area contributed by atoms with Crippen LogP contribution in [0.1, 0.15) is 42.8 Å². The number of hydrogen-bond donors (Lipinski definition) is 3. The van der Waals surface area contributed by atoms with Gasteiger partial charge in [-0.05, 0) is 39.5 Å². The van der Waals surface area contributed by atoms with E-state index in [0.29, 0.717) is 23.5 Å². The Morgan fingerprint density at radius 2 is 2.15 bits per heavy atom. The van der Waals surface area contributed by atoms with Gasteiger partial charge in [0.05, 0.1) is 12.1 Å². The van der Waals surface area contributed by atoms with Crippen LogP contribution in [0.15, 0.2) is 4.79 Å². The summed E-state index contributed by atoms with van der Waals surface area (Å²) >= 11 is 0. The first-order valence-electron chi connectivity index (χ1n) is 6.94. The summed E-state index contributed by atoms with van der Waals surface area (Å²) in [5.74, 6) is 0.451. The van der Waals surface area contributed by atoms with Gasteiger partial charge in [-0.25, -0.2) is 4.98 Å². The number of aromatic amines is 1. The van der Waals surface area contributed by atoms with Crippen molar-refractivity contribution in [1.82, 2.24) is 15.3 Å². The second-order valence-corrected chi connectivity index (χ2v) is 5.56. The molecule has 0 atom stereocenters. The van der Waals surface area contributed by atoms with Crippen LogP contribution >= 0.6 is 0 Å². The molecule has 1 aromatic heterocycles. The minimum absolute atomic E-state index is 0.0234. The van der Waals surface area contributed by atoms with Crippen molar-refractivity contribution in [2.45, 2.75) is 51.5 Å².